The van der Waals surface area contributed by atoms with Crippen molar-refractivity contribution in [3.8, 4) is 5.75 Å². The first kappa shape index (κ1) is 15.2. The summed E-state index contributed by atoms with van der Waals surface area (Å²) in [6.07, 6.45) is 6.62. The second-order valence-electron chi connectivity index (χ2n) is 5.11. The molecule has 110 valence electrons. The number of anilines is 1. The van der Waals surface area contributed by atoms with Gasteiger partial charge in [-0.05, 0) is 49.6 Å². The molecule has 0 aromatic heterocycles. The Hall–Kier alpha value is -2.22. The van der Waals surface area contributed by atoms with Crippen LogP contribution in [0.15, 0.2) is 66.7 Å². The van der Waals surface area contributed by atoms with Gasteiger partial charge >= 0.3 is 0 Å². The van der Waals surface area contributed by atoms with Crippen molar-refractivity contribution in [3.63, 3.8) is 0 Å². The van der Waals surface area contributed by atoms with Gasteiger partial charge in [0, 0.05) is 11.7 Å². The van der Waals surface area contributed by atoms with E-state index in [9.17, 15) is 0 Å². The van der Waals surface area contributed by atoms with E-state index in [2.05, 4.69) is 54.7 Å². The van der Waals surface area contributed by atoms with Crippen LogP contribution in [0.1, 0.15) is 18.9 Å². The average molecular weight is 281 g/mol. The Morgan fingerprint density at radius 1 is 1.05 bits per heavy atom. The summed E-state index contributed by atoms with van der Waals surface area (Å²) in [5.41, 5.74) is 2.49. The topological polar surface area (TPSA) is 21.3 Å². The van der Waals surface area contributed by atoms with E-state index in [4.69, 9.17) is 4.74 Å². The zero-order valence-electron chi connectivity index (χ0n) is 12.8. The molecule has 0 amide bonds. The number of ether oxygens (including phenoxy) is 1. The molecule has 0 heterocycles. The fraction of sp³-hybridized carbons (Fsp3) is 0.263. The minimum atomic E-state index is 0.314. The van der Waals surface area contributed by atoms with Gasteiger partial charge in [-0.15, -0.1) is 0 Å². The number of hydrogen-bond acceptors (Lipinski definition) is 2. The first-order valence-corrected chi connectivity index (χ1v) is 7.39. The number of hydrogen-bond donors (Lipinski definition) is 1. The van der Waals surface area contributed by atoms with Crippen molar-refractivity contribution in [2.75, 3.05) is 12.4 Å². The van der Waals surface area contributed by atoms with Gasteiger partial charge in [-0.25, -0.2) is 0 Å². The van der Waals surface area contributed by atoms with Crippen LogP contribution in [0, 0.1) is 0 Å². The molecule has 0 saturated carbocycles. The smallest absolute Gasteiger partial charge is 0.119 e. The number of benzene rings is 2. The third-order valence-corrected chi connectivity index (χ3v) is 3.35. The number of rotatable bonds is 7. The average Bonchev–Trinajstić information content (AvgIpc) is 2.53. The van der Waals surface area contributed by atoms with Crippen molar-refractivity contribution in [1.29, 1.82) is 0 Å². The molecule has 0 bridgehead atoms. The van der Waals surface area contributed by atoms with Crippen molar-refractivity contribution in [2.24, 2.45) is 0 Å². The van der Waals surface area contributed by atoms with E-state index in [1.807, 2.05) is 24.3 Å². The summed E-state index contributed by atoms with van der Waals surface area (Å²) in [4.78, 5) is 0. The van der Waals surface area contributed by atoms with Crippen LogP contribution in [-0.2, 0) is 6.42 Å². The molecule has 0 spiro atoms. The number of allylic oxidation sites excluding steroid dienone is 1. The lowest BCUT2D eigenvalue weighted by Crippen LogP contribution is -2.11. The minimum Gasteiger partial charge on any atom is -0.497 e. The fourth-order valence-corrected chi connectivity index (χ4v) is 2.19. The maximum Gasteiger partial charge on any atom is 0.119 e. The highest BCUT2D eigenvalue weighted by atomic mass is 16.5. The summed E-state index contributed by atoms with van der Waals surface area (Å²) in [5.74, 6) is 0.881. The standard InChI is InChI=1S/C19H23NO/c1-16(20-18-12-14-19(21-2)15-13-18)8-6-7-11-17-9-4-3-5-10-17/h3-6,8-10,12-16,20H,7,11H2,1-2H3/b8-6+. The van der Waals surface area contributed by atoms with E-state index in [1.54, 1.807) is 7.11 Å². The summed E-state index contributed by atoms with van der Waals surface area (Å²) in [6, 6.07) is 18.9. The van der Waals surface area contributed by atoms with Crippen LogP contribution < -0.4 is 10.1 Å². The number of methoxy groups -OCH3 is 1. The Labute approximate surface area is 127 Å². The molecule has 2 rings (SSSR count). The Kier molecular flexibility index (Phi) is 5.89. The molecule has 0 radical (unpaired) electrons. The van der Waals surface area contributed by atoms with E-state index in [-0.39, 0.29) is 0 Å². The Morgan fingerprint density at radius 3 is 2.43 bits per heavy atom. The van der Waals surface area contributed by atoms with Crippen LogP contribution in [0.25, 0.3) is 0 Å². The van der Waals surface area contributed by atoms with Crippen LogP contribution in [0.5, 0.6) is 5.75 Å². The highest BCUT2D eigenvalue weighted by molar-refractivity contribution is 5.47. The molecule has 1 atom stereocenters. The van der Waals surface area contributed by atoms with Gasteiger partial charge in [0.15, 0.2) is 0 Å². The second-order valence-corrected chi connectivity index (χ2v) is 5.11. The molecular formula is C19H23NO. The summed E-state index contributed by atoms with van der Waals surface area (Å²) < 4.78 is 5.15. The monoisotopic (exact) mass is 281 g/mol. The number of nitrogens with one attached hydrogen (secondary N) is 1. The largest absolute Gasteiger partial charge is 0.497 e. The summed E-state index contributed by atoms with van der Waals surface area (Å²) in [6.45, 7) is 2.16. The van der Waals surface area contributed by atoms with Gasteiger partial charge in [0.1, 0.15) is 5.75 Å². The fourth-order valence-electron chi connectivity index (χ4n) is 2.19. The molecule has 0 aliphatic carbocycles. The molecule has 0 aliphatic heterocycles. The maximum atomic E-state index is 5.15. The molecule has 2 aromatic carbocycles. The van der Waals surface area contributed by atoms with Gasteiger partial charge in [0.05, 0.1) is 7.11 Å². The van der Waals surface area contributed by atoms with Gasteiger partial charge in [-0.1, -0.05) is 42.5 Å². The SMILES string of the molecule is COc1ccc(NC(C)/C=C/CCc2ccccc2)cc1. The Balaban J connectivity index is 1.75. The Bertz CT molecular complexity index is 546. The predicted octanol–water partition coefficient (Wildman–Crippen LogP) is 4.68. The van der Waals surface area contributed by atoms with Crippen molar-refractivity contribution < 1.29 is 4.74 Å². The summed E-state index contributed by atoms with van der Waals surface area (Å²) in [7, 11) is 1.68. The van der Waals surface area contributed by atoms with E-state index in [0.29, 0.717) is 6.04 Å². The first-order chi connectivity index (χ1) is 10.3. The van der Waals surface area contributed by atoms with Crippen LogP contribution in [0.2, 0.25) is 0 Å². The van der Waals surface area contributed by atoms with Crippen molar-refractivity contribution >= 4 is 5.69 Å². The first-order valence-electron chi connectivity index (χ1n) is 7.39. The molecule has 1 unspecified atom stereocenters. The zero-order chi connectivity index (χ0) is 14.9. The van der Waals surface area contributed by atoms with Crippen LogP contribution in [0.3, 0.4) is 0 Å². The van der Waals surface area contributed by atoms with Gasteiger partial charge in [-0.3, -0.25) is 0 Å². The maximum absolute atomic E-state index is 5.15. The van der Waals surface area contributed by atoms with E-state index >= 15 is 0 Å². The molecule has 0 saturated heterocycles. The van der Waals surface area contributed by atoms with Gasteiger partial charge in [0.25, 0.3) is 0 Å². The van der Waals surface area contributed by atoms with Gasteiger partial charge in [0.2, 0.25) is 0 Å². The molecule has 0 fully saturated rings. The lowest BCUT2D eigenvalue weighted by Gasteiger charge is -2.11. The third-order valence-electron chi connectivity index (χ3n) is 3.35. The second kappa shape index (κ2) is 8.15. The highest BCUT2D eigenvalue weighted by Crippen LogP contribution is 2.16. The van der Waals surface area contributed by atoms with Crippen molar-refractivity contribution in [2.45, 2.75) is 25.8 Å². The van der Waals surface area contributed by atoms with E-state index in [0.717, 1.165) is 24.3 Å². The zero-order valence-corrected chi connectivity index (χ0v) is 12.8. The van der Waals surface area contributed by atoms with E-state index < -0.39 is 0 Å². The third kappa shape index (κ3) is 5.35. The lowest BCUT2D eigenvalue weighted by atomic mass is 10.1. The van der Waals surface area contributed by atoms with Crippen LogP contribution >= 0.6 is 0 Å². The summed E-state index contributed by atoms with van der Waals surface area (Å²) >= 11 is 0. The molecule has 2 aromatic rings. The minimum absolute atomic E-state index is 0.314. The number of aryl methyl sites for hydroxylation is 1. The quantitative estimate of drug-likeness (QED) is 0.744. The van der Waals surface area contributed by atoms with Crippen molar-refractivity contribution in [1.82, 2.24) is 0 Å². The predicted molar refractivity (Wildman–Crippen MR) is 90.0 cm³/mol. The van der Waals surface area contributed by atoms with Gasteiger partial charge in [-0.2, -0.15) is 0 Å². The molecule has 2 nitrogen and oxygen atoms in total. The van der Waals surface area contributed by atoms with Gasteiger partial charge < -0.3 is 10.1 Å². The molecule has 2 heteroatoms. The summed E-state index contributed by atoms with van der Waals surface area (Å²) in [5, 5.41) is 3.45. The molecule has 1 N–H and O–H groups in total. The van der Waals surface area contributed by atoms with Crippen LogP contribution in [0.4, 0.5) is 5.69 Å². The highest BCUT2D eigenvalue weighted by Gasteiger charge is 1.98. The normalized spacial score (nSPS) is 12.3. The molecule has 0 aliphatic rings. The lowest BCUT2D eigenvalue weighted by molar-refractivity contribution is 0.415. The molecular weight excluding hydrogens is 258 g/mol. The molecule has 21 heavy (non-hydrogen) atoms. The van der Waals surface area contributed by atoms with Crippen molar-refractivity contribution in [3.05, 3.63) is 72.3 Å². The van der Waals surface area contributed by atoms with E-state index in [1.165, 1.54) is 5.56 Å². The Morgan fingerprint density at radius 2 is 1.76 bits per heavy atom. The van der Waals surface area contributed by atoms with Crippen LogP contribution in [-0.4, -0.2) is 13.2 Å².